The summed E-state index contributed by atoms with van der Waals surface area (Å²) in [6.45, 7) is 2.92. The van der Waals surface area contributed by atoms with Gasteiger partial charge in [-0.2, -0.15) is 0 Å². The molecule has 5 nitrogen and oxygen atoms in total. The molecule has 1 fully saturated rings. The summed E-state index contributed by atoms with van der Waals surface area (Å²) >= 11 is 0. The van der Waals surface area contributed by atoms with Crippen LogP contribution in [0.4, 0.5) is 5.69 Å². The van der Waals surface area contributed by atoms with Crippen molar-refractivity contribution in [2.75, 3.05) is 32.1 Å². The third kappa shape index (κ3) is 5.12. The number of anilines is 1. The second-order valence-corrected chi connectivity index (χ2v) is 5.56. The summed E-state index contributed by atoms with van der Waals surface area (Å²) < 4.78 is 5.60. The Kier molecular flexibility index (Phi) is 6.17. The van der Waals surface area contributed by atoms with Crippen molar-refractivity contribution in [1.82, 2.24) is 4.90 Å². The number of carbonyl (C=O) groups excluding carboxylic acids is 1. The van der Waals surface area contributed by atoms with Crippen LogP contribution in [-0.4, -0.2) is 43.7 Å². The fraction of sp³-hybridized carbons (Fsp3) is 0.562. The Balaban J connectivity index is 1.73. The van der Waals surface area contributed by atoms with E-state index in [1.54, 1.807) is 0 Å². The third-order valence-electron chi connectivity index (χ3n) is 3.77. The van der Waals surface area contributed by atoms with E-state index in [0.29, 0.717) is 19.1 Å². The van der Waals surface area contributed by atoms with Crippen LogP contribution in [-0.2, 0) is 16.1 Å². The minimum absolute atomic E-state index is 0.0232. The van der Waals surface area contributed by atoms with Crippen molar-refractivity contribution >= 4 is 11.6 Å². The molecule has 1 unspecified atom stereocenters. The highest BCUT2D eigenvalue weighted by molar-refractivity contribution is 5.91. The maximum Gasteiger partial charge on any atom is 0.225 e. The van der Waals surface area contributed by atoms with Gasteiger partial charge in [0.05, 0.1) is 6.10 Å². The van der Waals surface area contributed by atoms with Crippen LogP contribution in [0.25, 0.3) is 0 Å². The average molecular weight is 291 g/mol. The van der Waals surface area contributed by atoms with Crippen LogP contribution in [0, 0.1) is 0 Å². The Bertz CT molecular complexity index is 459. The van der Waals surface area contributed by atoms with Crippen molar-refractivity contribution in [1.29, 1.82) is 0 Å². The molecule has 1 aliphatic heterocycles. The van der Waals surface area contributed by atoms with Gasteiger partial charge in [0, 0.05) is 38.3 Å². The molecule has 1 amide bonds. The molecule has 1 atom stereocenters. The average Bonchev–Trinajstić information content (AvgIpc) is 2.98. The molecule has 3 N–H and O–H groups in total. The zero-order valence-electron chi connectivity index (χ0n) is 12.7. The number of likely N-dealkylation sites (N-methyl/N-ethyl adjacent to an activating group) is 1. The lowest BCUT2D eigenvalue weighted by molar-refractivity contribution is -0.116. The largest absolute Gasteiger partial charge is 0.377 e. The second kappa shape index (κ2) is 8.12. The van der Waals surface area contributed by atoms with Gasteiger partial charge in [-0.25, -0.2) is 0 Å². The Morgan fingerprint density at radius 1 is 1.48 bits per heavy atom. The van der Waals surface area contributed by atoms with E-state index in [-0.39, 0.29) is 5.91 Å². The molecule has 0 aliphatic carbocycles. The number of benzene rings is 1. The van der Waals surface area contributed by atoms with Gasteiger partial charge in [0.25, 0.3) is 0 Å². The number of carbonyl (C=O) groups is 1. The van der Waals surface area contributed by atoms with E-state index in [4.69, 9.17) is 10.5 Å². The Morgan fingerprint density at radius 2 is 2.29 bits per heavy atom. The Labute approximate surface area is 126 Å². The number of nitrogens with two attached hydrogens (primary N) is 1. The van der Waals surface area contributed by atoms with Gasteiger partial charge >= 0.3 is 0 Å². The number of nitrogens with one attached hydrogen (secondary N) is 1. The first-order chi connectivity index (χ1) is 10.2. The molecule has 0 aromatic heterocycles. The molecule has 0 bridgehead atoms. The van der Waals surface area contributed by atoms with Gasteiger partial charge in [-0.05, 0) is 31.5 Å². The summed E-state index contributed by atoms with van der Waals surface area (Å²) in [6.07, 6.45) is 3.08. The fourth-order valence-electron chi connectivity index (χ4n) is 2.55. The summed E-state index contributed by atoms with van der Waals surface area (Å²) in [5, 5.41) is 2.93. The van der Waals surface area contributed by atoms with Crippen LogP contribution in [0.3, 0.4) is 0 Å². The number of amides is 1. The standard InChI is InChI=1S/C16H25N3O2/c1-19(12-14-6-4-10-21-14)9-8-16(20)18-15-7-3-2-5-13(15)11-17/h2-3,5,7,14H,4,6,8-12,17H2,1H3,(H,18,20). The van der Waals surface area contributed by atoms with Gasteiger partial charge < -0.3 is 20.7 Å². The molecule has 2 rings (SSSR count). The summed E-state index contributed by atoms with van der Waals surface area (Å²) in [5.41, 5.74) is 7.44. The van der Waals surface area contributed by atoms with Gasteiger partial charge in [-0.3, -0.25) is 4.79 Å². The monoisotopic (exact) mass is 291 g/mol. The van der Waals surface area contributed by atoms with E-state index < -0.39 is 0 Å². The Morgan fingerprint density at radius 3 is 3.00 bits per heavy atom. The molecule has 1 aromatic carbocycles. The molecule has 1 heterocycles. The molecule has 21 heavy (non-hydrogen) atoms. The highest BCUT2D eigenvalue weighted by Crippen LogP contribution is 2.15. The van der Waals surface area contributed by atoms with Gasteiger partial charge in [0.2, 0.25) is 5.91 Å². The second-order valence-electron chi connectivity index (χ2n) is 5.56. The van der Waals surface area contributed by atoms with Crippen molar-refractivity contribution in [2.45, 2.75) is 31.9 Å². The zero-order chi connectivity index (χ0) is 15.1. The number of ether oxygens (including phenoxy) is 1. The van der Waals surface area contributed by atoms with Crippen LogP contribution in [0.2, 0.25) is 0 Å². The maximum atomic E-state index is 12.0. The van der Waals surface area contributed by atoms with Crippen LogP contribution in [0.1, 0.15) is 24.8 Å². The lowest BCUT2D eigenvalue weighted by Crippen LogP contribution is -2.31. The van der Waals surface area contributed by atoms with Crippen molar-refractivity contribution < 1.29 is 9.53 Å². The summed E-state index contributed by atoms with van der Waals surface area (Å²) in [6, 6.07) is 7.64. The van der Waals surface area contributed by atoms with Gasteiger partial charge in [-0.15, -0.1) is 0 Å². The first kappa shape index (κ1) is 15.9. The quantitative estimate of drug-likeness (QED) is 0.800. The summed E-state index contributed by atoms with van der Waals surface area (Å²) in [5.74, 6) is 0.0232. The number of nitrogens with zero attached hydrogens (tertiary/aromatic N) is 1. The number of hydrogen-bond acceptors (Lipinski definition) is 4. The lowest BCUT2D eigenvalue weighted by Gasteiger charge is -2.20. The predicted octanol–water partition coefficient (Wildman–Crippen LogP) is 1.58. The normalized spacial score (nSPS) is 18.1. The van der Waals surface area contributed by atoms with Crippen LogP contribution in [0.5, 0.6) is 0 Å². The van der Waals surface area contributed by atoms with E-state index in [9.17, 15) is 4.79 Å². The molecule has 1 aromatic rings. The van der Waals surface area contributed by atoms with Crippen molar-refractivity contribution in [3.05, 3.63) is 29.8 Å². The van der Waals surface area contributed by atoms with E-state index in [2.05, 4.69) is 10.2 Å². The summed E-state index contributed by atoms with van der Waals surface area (Å²) in [7, 11) is 2.03. The molecule has 0 spiro atoms. The maximum absolute atomic E-state index is 12.0. The van der Waals surface area contributed by atoms with Crippen LogP contribution < -0.4 is 11.1 Å². The van der Waals surface area contributed by atoms with Gasteiger partial charge in [0.1, 0.15) is 0 Å². The van der Waals surface area contributed by atoms with Crippen molar-refractivity contribution in [2.24, 2.45) is 5.73 Å². The van der Waals surface area contributed by atoms with E-state index >= 15 is 0 Å². The zero-order valence-corrected chi connectivity index (χ0v) is 12.7. The first-order valence-electron chi connectivity index (χ1n) is 7.57. The van der Waals surface area contributed by atoms with Gasteiger partial charge in [-0.1, -0.05) is 18.2 Å². The Hall–Kier alpha value is -1.43. The third-order valence-corrected chi connectivity index (χ3v) is 3.77. The SMILES string of the molecule is CN(CCC(=O)Nc1ccccc1CN)CC1CCCO1. The topological polar surface area (TPSA) is 67.6 Å². The predicted molar refractivity (Wildman–Crippen MR) is 84.1 cm³/mol. The minimum atomic E-state index is 0.0232. The van der Waals surface area contributed by atoms with Crippen LogP contribution >= 0.6 is 0 Å². The number of hydrogen-bond donors (Lipinski definition) is 2. The first-order valence-corrected chi connectivity index (χ1v) is 7.57. The number of rotatable bonds is 7. The fourth-order valence-corrected chi connectivity index (χ4v) is 2.55. The van der Waals surface area contributed by atoms with Crippen molar-refractivity contribution in [3.8, 4) is 0 Å². The van der Waals surface area contributed by atoms with E-state index in [1.165, 1.54) is 0 Å². The molecule has 1 saturated heterocycles. The van der Waals surface area contributed by atoms with Crippen molar-refractivity contribution in [3.63, 3.8) is 0 Å². The van der Waals surface area contributed by atoms with Gasteiger partial charge in [0.15, 0.2) is 0 Å². The summed E-state index contributed by atoms with van der Waals surface area (Å²) in [4.78, 5) is 14.2. The molecule has 116 valence electrons. The molecular formula is C16H25N3O2. The highest BCUT2D eigenvalue weighted by Gasteiger charge is 2.17. The molecule has 0 radical (unpaired) electrons. The highest BCUT2D eigenvalue weighted by atomic mass is 16.5. The molecule has 1 aliphatic rings. The molecule has 0 saturated carbocycles. The van der Waals surface area contributed by atoms with Crippen LogP contribution in [0.15, 0.2) is 24.3 Å². The lowest BCUT2D eigenvalue weighted by atomic mass is 10.1. The minimum Gasteiger partial charge on any atom is -0.377 e. The number of para-hydroxylation sites is 1. The molecule has 5 heteroatoms. The smallest absolute Gasteiger partial charge is 0.225 e. The van der Waals surface area contributed by atoms with E-state index in [0.717, 1.165) is 43.8 Å². The van der Waals surface area contributed by atoms with E-state index in [1.807, 2.05) is 31.3 Å². The molecular weight excluding hydrogens is 266 g/mol.